The number of unbranched alkanes of at least 4 members (excludes halogenated alkanes) is 2. The normalized spacial score (nSPS) is 21.1. The van der Waals surface area contributed by atoms with Gasteiger partial charge >= 0.3 is 0 Å². The van der Waals surface area contributed by atoms with Crippen LogP contribution in [-0.2, 0) is 4.79 Å². The molecule has 17 heavy (non-hydrogen) atoms. The number of rotatable bonds is 7. The molecule has 1 saturated heterocycles. The van der Waals surface area contributed by atoms with Crippen LogP contribution in [0.3, 0.4) is 0 Å². The van der Waals surface area contributed by atoms with E-state index in [-0.39, 0.29) is 5.91 Å². The number of nitrogens with zero attached hydrogens (tertiary/aromatic N) is 1. The molecule has 0 aromatic rings. The van der Waals surface area contributed by atoms with Crippen LogP contribution >= 0.6 is 0 Å². The maximum Gasteiger partial charge on any atom is 0.233 e. The third kappa shape index (κ3) is 5.50. The summed E-state index contributed by atoms with van der Waals surface area (Å²) in [6.07, 6.45) is 5.18. The molecule has 0 aromatic heterocycles. The summed E-state index contributed by atoms with van der Waals surface area (Å²) in [5.41, 5.74) is 2.17. The molecule has 1 unspecified atom stereocenters. The second-order valence-electron chi connectivity index (χ2n) is 5.47. The van der Waals surface area contributed by atoms with E-state index < -0.39 is 0 Å². The molecule has 100 valence electrons. The average Bonchev–Trinajstić information content (AvgIpc) is 2.77. The van der Waals surface area contributed by atoms with Gasteiger partial charge in [-0.15, -0.1) is 0 Å². The Balaban J connectivity index is 1.99. The first kappa shape index (κ1) is 14.5. The lowest BCUT2D eigenvalue weighted by atomic mass is 9.95. The number of hydrogen-bond donors (Lipinski definition) is 2. The Labute approximate surface area is 105 Å². The molecule has 0 radical (unpaired) electrons. The van der Waals surface area contributed by atoms with Gasteiger partial charge in [0.15, 0.2) is 0 Å². The van der Waals surface area contributed by atoms with Gasteiger partial charge in [0, 0.05) is 13.0 Å². The van der Waals surface area contributed by atoms with Crippen molar-refractivity contribution in [2.24, 2.45) is 17.7 Å². The molecule has 1 amide bonds. The third-order valence-electron chi connectivity index (χ3n) is 3.79. The largest absolute Gasteiger partial charge is 0.303 e. The van der Waals surface area contributed by atoms with Crippen molar-refractivity contribution in [3.63, 3.8) is 0 Å². The SMILES string of the molecule is CC(C)C1CCN(CCCCCC(=O)NN)C1. The molecule has 4 heteroatoms. The summed E-state index contributed by atoms with van der Waals surface area (Å²) >= 11 is 0. The van der Waals surface area contributed by atoms with Crippen LogP contribution in [0.2, 0.25) is 0 Å². The minimum atomic E-state index is -0.0500. The number of carbonyl (C=O) groups is 1. The number of hydrazine groups is 1. The van der Waals surface area contributed by atoms with E-state index in [1.54, 1.807) is 0 Å². The summed E-state index contributed by atoms with van der Waals surface area (Å²) in [5.74, 6) is 6.67. The van der Waals surface area contributed by atoms with Crippen molar-refractivity contribution in [1.82, 2.24) is 10.3 Å². The fourth-order valence-corrected chi connectivity index (χ4v) is 2.48. The van der Waals surface area contributed by atoms with Crippen molar-refractivity contribution in [2.75, 3.05) is 19.6 Å². The lowest BCUT2D eigenvalue weighted by Crippen LogP contribution is -2.29. The van der Waals surface area contributed by atoms with Crippen LogP contribution in [0.5, 0.6) is 0 Å². The van der Waals surface area contributed by atoms with Crippen LogP contribution in [0.25, 0.3) is 0 Å². The molecule has 1 fully saturated rings. The number of nitrogens with two attached hydrogens (primary N) is 1. The molecule has 4 nitrogen and oxygen atoms in total. The van der Waals surface area contributed by atoms with Crippen LogP contribution in [0.4, 0.5) is 0 Å². The number of likely N-dealkylation sites (tertiary alicyclic amines) is 1. The highest BCUT2D eigenvalue weighted by molar-refractivity contribution is 5.74. The van der Waals surface area contributed by atoms with Crippen LogP contribution in [0, 0.1) is 11.8 Å². The Morgan fingerprint density at radius 2 is 2.18 bits per heavy atom. The molecule has 0 saturated carbocycles. The van der Waals surface area contributed by atoms with Gasteiger partial charge in [0.25, 0.3) is 0 Å². The second-order valence-corrected chi connectivity index (χ2v) is 5.47. The highest BCUT2D eigenvalue weighted by Gasteiger charge is 2.23. The summed E-state index contributed by atoms with van der Waals surface area (Å²) in [6, 6.07) is 0. The Morgan fingerprint density at radius 3 is 2.76 bits per heavy atom. The lowest BCUT2D eigenvalue weighted by molar-refractivity contribution is -0.121. The topological polar surface area (TPSA) is 58.4 Å². The van der Waals surface area contributed by atoms with Crippen molar-refractivity contribution in [1.29, 1.82) is 0 Å². The van der Waals surface area contributed by atoms with Crippen molar-refractivity contribution in [3.05, 3.63) is 0 Å². The zero-order valence-electron chi connectivity index (χ0n) is 11.2. The fraction of sp³-hybridized carbons (Fsp3) is 0.923. The quantitative estimate of drug-likeness (QED) is 0.307. The van der Waals surface area contributed by atoms with Gasteiger partial charge in [-0.05, 0) is 44.2 Å². The molecule has 0 spiro atoms. The van der Waals surface area contributed by atoms with Gasteiger partial charge in [-0.25, -0.2) is 5.84 Å². The molecular formula is C13H27N3O. The molecule has 3 N–H and O–H groups in total. The summed E-state index contributed by atoms with van der Waals surface area (Å²) in [4.78, 5) is 13.5. The van der Waals surface area contributed by atoms with E-state index in [1.165, 1.54) is 32.5 Å². The zero-order chi connectivity index (χ0) is 12.7. The number of hydrogen-bond acceptors (Lipinski definition) is 3. The first-order valence-electron chi connectivity index (χ1n) is 6.85. The predicted octanol–water partition coefficient (Wildman–Crippen LogP) is 1.51. The van der Waals surface area contributed by atoms with Gasteiger partial charge in [-0.3, -0.25) is 10.2 Å². The van der Waals surface area contributed by atoms with Crippen molar-refractivity contribution >= 4 is 5.91 Å². The van der Waals surface area contributed by atoms with Gasteiger partial charge in [-0.2, -0.15) is 0 Å². The molecule has 1 aliphatic rings. The minimum absolute atomic E-state index is 0.0500. The van der Waals surface area contributed by atoms with Gasteiger partial charge in [-0.1, -0.05) is 20.3 Å². The van der Waals surface area contributed by atoms with Gasteiger partial charge in [0.2, 0.25) is 5.91 Å². The highest BCUT2D eigenvalue weighted by Crippen LogP contribution is 2.23. The molecule has 0 bridgehead atoms. The van der Waals surface area contributed by atoms with E-state index in [4.69, 9.17) is 5.84 Å². The van der Waals surface area contributed by atoms with Crippen LogP contribution < -0.4 is 11.3 Å². The lowest BCUT2D eigenvalue weighted by Gasteiger charge is -2.17. The maximum atomic E-state index is 10.9. The van der Waals surface area contributed by atoms with Crippen LogP contribution in [-0.4, -0.2) is 30.4 Å². The van der Waals surface area contributed by atoms with Crippen LogP contribution in [0.1, 0.15) is 46.0 Å². The van der Waals surface area contributed by atoms with Crippen molar-refractivity contribution in [2.45, 2.75) is 46.0 Å². The molecule has 1 atom stereocenters. The molecule has 1 aliphatic heterocycles. The average molecular weight is 241 g/mol. The van der Waals surface area contributed by atoms with E-state index in [9.17, 15) is 4.79 Å². The van der Waals surface area contributed by atoms with E-state index in [1.807, 2.05) is 0 Å². The van der Waals surface area contributed by atoms with E-state index in [2.05, 4.69) is 24.2 Å². The van der Waals surface area contributed by atoms with Crippen LogP contribution in [0.15, 0.2) is 0 Å². The number of amides is 1. The Hall–Kier alpha value is -0.610. The highest BCUT2D eigenvalue weighted by atomic mass is 16.2. The number of nitrogens with one attached hydrogen (secondary N) is 1. The second kappa shape index (κ2) is 7.67. The standard InChI is InChI=1S/C13H27N3O/c1-11(2)12-7-9-16(10-12)8-5-3-4-6-13(17)15-14/h11-12H,3-10,14H2,1-2H3,(H,15,17). The molecular weight excluding hydrogens is 214 g/mol. The summed E-state index contributed by atoms with van der Waals surface area (Å²) < 4.78 is 0. The number of carbonyl (C=O) groups excluding carboxylic acids is 1. The molecule has 0 aromatic carbocycles. The van der Waals surface area contributed by atoms with Crippen molar-refractivity contribution in [3.8, 4) is 0 Å². The Kier molecular flexibility index (Phi) is 6.52. The monoisotopic (exact) mass is 241 g/mol. The maximum absolute atomic E-state index is 10.9. The van der Waals surface area contributed by atoms with Gasteiger partial charge < -0.3 is 4.90 Å². The smallest absolute Gasteiger partial charge is 0.233 e. The Morgan fingerprint density at radius 1 is 1.41 bits per heavy atom. The molecule has 1 heterocycles. The Bertz CT molecular complexity index is 231. The fourth-order valence-electron chi connectivity index (χ4n) is 2.48. The zero-order valence-corrected chi connectivity index (χ0v) is 11.2. The molecule has 0 aliphatic carbocycles. The molecule has 1 rings (SSSR count). The van der Waals surface area contributed by atoms with E-state index in [0.29, 0.717) is 6.42 Å². The minimum Gasteiger partial charge on any atom is -0.303 e. The van der Waals surface area contributed by atoms with Gasteiger partial charge in [0.05, 0.1) is 0 Å². The summed E-state index contributed by atoms with van der Waals surface area (Å²) in [6.45, 7) is 8.35. The summed E-state index contributed by atoms with van der Waals surface area (Å²) in [5, 5.41) is 0. The first-order chi connectivity index (χ1) is 8.13. The summed E-state index contributed by atoms with van der Waals surface area (Å²) in [7, 11) is 0. The first-order valence-corrected chi connectivity index (χ1v) is 6.85. The van der Waals surface area contributed by atoms with Crippen molar-refractivity contribution < 1.29 is 4.79 Å². The predicted molar refractivity (Wildman–Crippen MR) is 70.2 cm³/mol. The van der Waals surface area contributed by atoms with E-state index >= 15 is 0 Å². The van der Waals surface area contributed by atoms with E-state index in [0.717, 1.165) is 24.7 Å². The van der Waals surface area contributed by atoms with Gasteiger partial charge in [0.1, 0.15) is 0 Å². The third-order valence-corrected chi connectivity index (χ3v) is 3.79.